The van der Waals surface area contributed by atoms with E-state index in [0.29, 0.717) is 11.5 Å². The Labute approximate surface area is 137 Å². The van der Waals surface area contributed by atoms with Crippen molar-refractivity contribution in [2.45, 2.75) is 25.3 Å². The molecule has 0 radical (unpaired) electrons. The zero-order valence-corrected chi connectivity index (χ0v) is 13.9. The normalized spacial score (nSPS) is 21.5. The van der Waals surface area contributed by atoms with E-state index in [2.05, 4.69) is 26.6 Å². The van der Waals surface area contributed by atoms with Crippen LogP contribution in [0.15, 0.2) is 33.9 Å². The zero-order chi connectivity index (χ0) is 15.0. The summed E-state index contributed by atoms with van der Waals surface area (Å²) < 4.78 is 6.39. The number of carbonyl (C=O) groups excluding carboxylic acids is 1. The number of hydrogen-bond acceptors (Lipinski definition) is 3. The van der Waals surface area contributed by atoms with Gasteiger partial charge < -0.3 is 15.4 Å². The molecule has 1 aliphatic carbocycles. The lowest BCUT2D eigenvalue weighted by atomic mass is 9.85. The molecule has 0 bridgehead atoms. The van der Waals surface area contributed by atoms with E-state index in [1.54, 1.807) is 7.11 Å². The van der Waals surface area contributed by atoms with Gasteiger partial charge in [0.2, 0.25) is 0 Å². The quantitative estimate of drug-likeness (QED) is 0.788. The van der Waals surface area contributed by atoms with E-state index in [1.807, 2.05) is 18.2 Å². The highest BCUT2D eigenvalue weighted by molar-refractivity contribution is 9.10. The van der Waals surface area contributed by atoms with Crippen LogP contribution in [-0.4, -0.2) is 18.0 Å². The number of ketones is 1. The van der Waals surface area contributed by atoms with E-state index in [-0.39, 0.29) is 11.8 Å². The number of halogens is 1. The average Bonchev–Trinajstić information content (AvgIpc) is 2.46. The van der Waals surface area contributed by atoms with Gasteiger partial charge in [-0.2, -0.15) is 0 Å². The van der Waals surface area contributed by atoms with Gasteiger partial charge >= 0.3 is 0 Å². The van der Waals surface area contributed by atoms with Gasteiger partial charge in [0, 0.05) is 27.7 Å². The van der Waals surface area contributed by atoms with E-state index in [4.69, 9.17) is 17.0 Å². The molecule has 1 aromatic rings. The number of nitrogens with one attached hydrogen (secondary N) is 2. The summed E-state index contributed by atoms with van der Waals surface area (Å²) in [6.07, 6.45) is 2.31. The summed E-state index contributed by atoms with van der Waals surface area (Å²) in [5.74, 6) is 0.913. The number of thiocarbonyl (C=S) groups is 1. The van der Waals surface area contributed by atoms with Crippen molar-refractivity contribution in [2.75, 3.05) is 7.11 Å². The van der Waals surface area contributed by atoms with Crippen LogP contribution in [0, 0.1) is 0 Å². The first-order chi connectivity index (χ1) is 10.1. The number of ether oxygens (including phenoxy) is 1. The van der Waals surface area contributed by atoms with Gasteiger partial charge in [-0.1, -0.05) is 15.9 Å². The third kappa shape index (κ3) is 2.70. The van der Waals surface area contributed by atoms with Crippen molar-refractivity contribution < 1.29 is 9.53 Å². The summed E-state index contributed by atoms with van der Waals surface area (Å²) in [5, 5.41) is 6.88. The zero-order valence-electron chi connectivity index (χ0n) is 11.5. The Hall–Kier alpha value is -1.40. The SMILES string of the molecule is COc1ccc(Br)cc1C1NC(=S)NC2=C1C(=O)CCC2. The first kappa shape index (κ1) is 14.5. The van der Waals surface area contributed by atoms with Crippen LogP contribution in [0.4, 0.5) is 0 Å². The molecule has 0 fully saturated rings. The number of hydrogen-bond donors (Lipinski definition) is 2. The Balaban J connectivity index is 2.13. The lowest BCUT2D eigenvalue weighted by Crippen LogP contribution is -2.46. The molecule has 1 heterocycles. The Morgan fingerprint density at radius 1 is 1.38 bits per heavy atom. The predicted molar refractivity (Wildman–Crippen MR) is 88.2 cm³/mol. The fourth-order valence-corrected chi connectivity index (χ4v) is 3.49. The molecule has 1 atom stereocenters. The van der Waals surface area contributed by atoms with E-state index in [0.717, 1.165) is 39.9 Å². The minimum atomic E-state index is -0.256. The standard InChI is InChI=1S/C15H15BrN2O2S/c1-20-12-6-5-8(16)7-9(12)14-13-10(17-15(21)18-14)3-2-4-11(13)19/h5-7,14H,2-4H2,1H3,(H2,17,18,21). The van der Waals surface area contributed by atoms with Gasteiger partial charge in [0.05, 0.1) is 13.2 Å². The topological polar surface area (TPSA) is 50.4 Å². The molecule has 21 heavy (non-hydrogen) atoms. The van der Waals surface area contributed by atoms with Gasteiger partial charge in [0.1, 0.15) is 5.75 Å². The second-order valence-corrected chi connectivity index (χ2v) is 6.41. The Kier molecular flexibility index (Phi) is 3.99. The lowest BCUT2D eigenvalue weighted by Gasteiger charge is -2.34. The summed E-state index contributed by atoms with van der Waals surface area (Å²) >= 11 is 8.76. The monoisotopic (exact) mass is 366 g/mol. The molecule has 1 aromatic carbocycles. The molecule has 0 spiro atoms. The van der Waals surface area contributed by atoms with Crippen molar-refractivity contribution in [3.63, 3.8) is 0 Å². The number of methoxy groups -OCH3 is 1. The van der Waals surface area contributed by atoms with Crippen LogP contribution in [0.1, 0.15) is 30.9 Å². The smallest absolute Gasteiger partial charge is 0.171 e. The molecule has 0 saturated carbocycles. The molecule has 2 N–H and O–H groups in total. The van der Waals surface area contributed by atoms with E-state index in [1.165, 1.54) is 0 Å². The second-order valence-electron chi connectivity index (χ2n) is 5.09. The first-order valence-electron chi connectivity index (χ1n) is 6.77. The van der Waals surface area contributed by atoms with Crippen molar-refractivity contribution in [2.24, 2.45) is 0 Å². The van der Waals surface area contributed by atoms with E-state index < -0.39 is 0 Å². The third-order valence-electron chi connectivity index (χ3n) is 3.79. The van der Waals surface area contributed by atoms with Gasteiger partial charge in [0.25, 0.3) is 0 Å². The number of Topliss-reactive ketones (excluding diaryl/α,β-unsaturated/α-hetero) is 1. The van der Waals surface area contributed by atoms with Crippen LogP contribution in [0.25, 0.3) is 0 Å². The van der Waals surface area contributed by atoms with E-state index in [9.17, 15) is 4.79 Å². The maximum Gasteiger partial charge on any atom is 0.171 e. The van der Waals surface area contributed by atoms with Crippen molar-refractivity contribution in [1.82, 2.24) is 10.6 Å². The fourth-order valence-electron chi connectivity index (χ4n) is 2.87. The number of rotatable bonds is 2. The molecule has 6 heteroatoms. The Morgan fingerprint density at radius 2 is 2.19 bits per heavy atom. The van der Waals surface area contributed by atoms with E-state index >= 15 is 0 Å². The van der Waals surface area contributed by atoms with Crippen LogP contribution >= 0.6 is 28.1 Å². The molecule has 110 valence electrons. The number of carbonyl (C=O) groups is 1. The Morgan fingerprint density at radius 3 is 2.95 bits per heavy atom. The number of allylic oxidation sites excluding steroid dienone is 1. The minimum absolute atomic E-state index is 0.172. The van der Waals surface area contributed by atoms with Crippen LogP contribution in [0.2, 0.25) is 0 Å². The molecule has 3 rings (SSSR count). The fraction of sp³-hybridized carbons (Fsp3) is 0.333. The summed E-state index contributed by atoms with van der Waals surface area (Å²) in [7, 11) is 1.63. The highest BCUT2D eigenvalue weighted by atomic mass is 79.9. The maximum absolute atomic E-state index is 12.4. The summed E-state index contributed by atoms with van der Waals surface area (Å²) in [5.41, 5.74) is 2.65. The van der Waals surface area contributed by atoms with Crippen molar-refractivity contribution in [1.29, 1.82) is 0 Å². The highest BCUT2D eigenvalue weighted by Crippen LogP contribution is 2.38. The van der Waals surface area contributed by atoms with Crippen LogP contribution < -0.4 is 15.4 Å². The van der Waals surface area contributed by atoms with Gasteiger partial charge in [0.15, 0.2) is 10.9 Å². The van der Waals surface area contributed by atoms with Gasteiger partial charge in [-0.3, -0.25) is 4.79 Å². The van der Waals surface area contributed by atoms with Crippen molar-refractivity contribution in [3.8, 4) is 5.75 Å². The van der Waals surface area contributed by atoms with Crippen LogP contribution in [0.5, 0.6) is 5.75 Å². The maximum atomic E-state index is 12.4. The predicted octanol–water partition coefficient (Wildman–Crippen LogP) is 2.98. The van der Waals surface area contributed by atoms with Crippen molar-refractivity contribution in [3.05, 3.63) is 39.5 Å². The molecule has 2 aliphatic rings. The second kappa shape index (κ2) is 5.77. The molecule has 1 unspecified atom stereocenters. The molecular formula is C15H15BrN2O2S. The average molecular weight is 367 g/mol. The molecule has 4 nitrogen and oxygen atoms in total. The van der Waals surface area contributed by atoms with Crippen LogP contribution in [0.3, 0.4) is 0 Å². The van der Waals surface area contributed by atoms with Gasteiger partial charge in [-0.25, -0.2) is 0 Å². The first-order valence-corrected chi connectivity index (χ1v) is 7.97. The summed E-state index contributed by atoms with van der Waals surface area (Å²) in [4.78, 5) is 12.4. The summed E-state index contributed by atoms with van der Waals surface area (Å²) in [6, 6.07) is 5.52. The molecule has 1 aliphatic heterocycles. The largest absolute Gasteiger partial charge is 0.496 e. The van der Waals surface area contributed by atoms with Gasteiger partial charge in [-0.05, 0) is 43.3 Å². The molecular weight excluding hydrogens is 352 g/mol. The molecule has 0 amide bonds. The molecule has 0 aromatic heterocycles. The number of benzene rings is 1. The van der Waals surface area contributed by atoms with Gasteiger partial charge in [-0.15, -0.1) is 0 Å². The summed E-state index contributed by atoms with van der Waals surface area (Å²) in [6.45, 7) is 0. The third-order valence-corrected chi connectivity index (χ3v) is 4.50. The lowest BCUT2D eigenvalue weighted by molar-refractivity contribution is -0.116. The van der Waals surface area contributed by atoms with Crippen LogP contribution in [-0.2, 0) is 4.79 Å². The molecule has 0 saturated heterocycles. The highest BCUT2D eigenvalue weighted by Gasteiger charge is 2.34. The Bertz CT molecular complexity index is 657. The minimum Gasteiger partial charge on any atom is -0.496 e. The van der Waals surface area contributed by atoms with Crippen molar-refractivity contribution >= 4 is 39.0 Å².